The maximum atomic E-state index is 5.87. The number of fused-ring (bicyclic) bond motifs is 2. The molecule has 2 aromatic heterocycles. The van der Waals surface area contributed by atoms with Gasteiger partial charge in [0.2, 0.25) is 5.55 Å². The molecule has 0 amide bonds. The number of aromatic nitrogens is 2. The third-order valence-corrected chi connectivity index (χ3v) is 3.50. The minimum Gasteiger partial charge on any atom is -0.438 e. The zero-order valence-electron chi connectivity index (χ0n) is 11.5. The highest BCUT2D eigenvalue weighted by atomic mass is 16.3. The molecule has 0 unspecified atom stereocenters. The maximum Gasteiger partial charge on any atom is 0.225 e. The van der Waals surface area contributed by atoms with Gasteiger partial charge in [0.15, 0.2) is 0 Å². The Bertz CT molecular complexity index is 978. The molecule has 1 N–H and O–H groups in total. The first kappa shape index (κ1) is 11.9. The molecule has 0 aliphatic carbocycles. The Labute approximate surface area is 120 Å². The molecule has 2 aromatic carbocycles. The van der Waals surface area contributed by atoms with Crippen molar-refractivity contribution in [2.75, 3.05) is 7.05 Å². The summed E-state index contributed by atoms with van der Waals surface area (Å²) in [5, 5.41) is 1.03. The van der Waals surface area contributed by atoms with Gasteiger partial charge in [0.1, 0.15) is 11.4 Å². The van der Waals surface area contributed by atoms with Crippen LogP contribution in [0, 0.1) is 0 Å². The highest BCUT2D eigenvalue weighted by Crippen LogP contribution is 2.21. The van der Waals surface area contributed by atoms with E-state index in [1.807, 2.05) is 48.5 Å². The van der Waals surface area contributed by atoms with Crippen molar-refractivity contribution in [1.82, 2.24) is 9.97 Å². The van der Waals surface area contributed by atoms with Crippen LogP contribution in [0.15, 0.2) is 64.0 Å². The molecular formula is C17H13N3O. The Morgan fingerprint density at radius 1 is 1.05 bits per heavy atom. The molecule has 0 saturated heterocycles. The van der Waals surface area contributed by atoms with Gasteiger partial charge in [-0.1, -0.05) is 30.3 Å². The van der Waals surface area contributed by atoms with Crippen molar-refractivity contribution in [3.05, 3.63) is 60.2 Å². The Balaban J connectivity index is 2.04. The second kappa shape index (κ2) is 4.59. The number of rotatable bonds is 1. The second-order valence-electron chi connectivity index (χ2n) is 4.83. The number of nitrogens with zero attached hydrogens (tertiary/aromatic N) is 2. The number of H-pyrrole nitrogens is 1. The van der Waals surface area contributed by atoms with Crippen LogP contribution in [0.4, 0.5) is 0 Å². The van der Waals surface area contributed by atoms with Gasteiger partial charge in [-0.05, 0) is 24.3 Å². The van der Waals surface area contributed by atoms with Crippen molar-refractivity contribution in [3.63, 3.8) is 0 Å². The number of para-hydroxylation sites is 3. The molecule has 102 valence electrons. The van der Waals surface area contributed by atoms with Crippen LogP contribution < -0.4 is 5.55 Å². The van der Waals surface area contributed by atoms with Crippen LogP contribution >= 0.6 is 0 Å². The van der Waals surface area contributed by atoms with Gasteiger partial charge in [0.25, 0.3) is 0 Å². The number of hydrogen-bond donors (Lipinski definition) is 1. The lowest BCUT2D eigenvalue weighted by Gasteiger charge is -2.01. The third-order valence-electron chi connectivity index (χ3n) is 3.50. The fourth-order valence-corrected chi connectivity index (χ4v) is 2.49. The molecule has 0 aliphatic heterocycles. The van der Waals surface area contributed by atoms with Crippen LogP contribution in [0.3, 0.4) is 0 Å². The minimum atomic E-state index is 0.577. The van der Waals surface area contributed by atoms with Gasteiger partial charge in [-0.15, -0.1) is 0 Å². The van der Waals surface area contributed by atoms with Crippen LogP contribution in [0.25, 0.3) is 33.4 Å². The summed E-state index contributed by atoms with van der Waals surface area (Å²) in [7, 11) is 1.72. The van der Waals surface area contributed by atoms with Crippen LogP contribution in [-0.4, -0.2) is 17.0 Å². The summed E-state index contributed by atoms with van der Waals surface area (Å²) in [6, 6.07) is 17.9. The minimum absolute atomic E-state index is 0.577. The highest BCUT2D eigenvalue weighted by Gasteiger charge is 2.10. The van der Waals surface area contributed by atoms with Crippen LogP contribution in [-0.2, 0) is 0 Å². The first-order chi connectivity index (χ1) is 10.3. The van der Waals surface area contributed by atoms with E-state index in [1.165, 1.54) is 0 Å². The molecule has 21 heavy (non-hydrogen) atoms. The number of benzene rings is 2. The smallest absolute Gasteiger partial charge is 0.225 e. The van der Waals surface area contributed by atoms with Gasteiger partial charge in [0, 0.05) is 12.4 Å². The molecule has 4 rings (SSSR count). The zero-order chi connectivity index (χ0) is 14.2. The molecule has 2 heterocycles. The molecule has 0 bridgehead atoms. The van der Waals surface area contributed by atoms with E-state index in [4.69, 9.17) is 4.42 Å². The molecule has 4 nitrogen and oxygen atoms in total. The lowest BCUT2D eigenvalue weighted by molar-refractivity contribution is 0.543. The van der Waals surface area contributed by atoms with Gasteiger partial charge >= 0.3 is 0 Å². The van der Waals surface area contributed by atoms with Gasteiger partial charge in [-0.25, -0.2) is 4.98 Å². The second-order valence-corrected chi connectivity index (χ2v) is 4.83. The van der Waals surface area contributed by atoms with E-state index in [2.05, 4.69) is 21.0 Å². The van der Waals surface area contributed by atoms with Crippen molar-refractivity contribution in [1.29, 1.82) is 0 Å². The quantitative estimate of drug-likeness (QED) is 0.578. The number of aromatic amines is 1. The molecule has 0 atom stereocenters. The molecule has 0 aliphatic rings. The van der Waals surface area contributed by atoms with Gasteiger partial charge in [-0.3, -0.25) is 4.99 Å². The Morgan fingerprint density at radius 2 is 1.86 bits per heavy atom. The van der Waals surface area contributed by atoms with E-state index in [-0.39, 0.29) is 0 Å². The van der Waals surface area contributed by atoms with E-state index >= 15 is 0 Å². The summed E-state index contributed by atoms with van der Waals surface area (Å²) >= 11 is 0. The SMILES string of the molecule is CN=c1oc2ccccc2cc1-c1nc2ccccc2[nH]1. The lowest BCUT2D eigenvalue weighted by Crippen LogP contribution is -2.06. The Morgan fingerprint density at radius 3 is 2.71 bits per heavy atom. The average molecular weight is 275 g/mol. The summed E-state index contributed by atoms with van der Waals surface area (Å²) in [6.07, 6.45) is 0. The summed E-state index contributed by atoms with van der Waals surface area (Å²) in [5.41, 5.74) is 4.20. The number of imidazole rings is 1. The van der Waals surface area contributed by atoms with E-state index in [9.17, 15) is 0 Å². The van der Waals surface area contributed by atoms with Crippen molar-refractivity contribution in [2.45, 2.75) is 0 Å². The summed E-state index contributed by atoms with van der Waals surface area (Å²) < 4.78 is 5.87. The molecule has 0 spiro atoms. The van der Waals surface area contributed by atoms with Gasteiger partial charge in [0.05, 0.1) is 16.6 Å². The maximum absolute atomic E-state index is 5.87. The number of nitrogens with one attached hydrogen (secondary N) is 1. The average Bonchev–Trinajstić information content (AvgIpc) is 2.97. The van der Waals surface area contributed by atoms with Crippen molar-refractivity contribution < 1.29 is 4.42 Å². The predicted molar refractivity (Wildman–Crippen MR) is 82.8 cm³/mol. The molecule has 0 radical (unpaired) electrons. The van der Waals surface area contributed by atoms with E-state index in [1.54, 1.807) is 7.05 Å². The van der Waals surface area contributed by atoms with Crippen molar-refractivity contribution >= 4 is 22.0 Å². The molecule has 4 aromatic rings. The molecule has 4 heteroatoms. The first-order valence-electron chi connectivity index (χ1n) is 6.76. The van der Waals surface area contributed by atoms with E-state index in [0.29, 0.717) is 5.55 Å². The topological polar surface area (TPSA) is 54.2 Å². The van der Waals surface area contributed by atoms with Crippen LogP contribution in [0.1, 0.15) is 0 Å². The fourth-order valence-electron chi connectivity index (χ4n) is 2.49. The molecule has 0 saturated carbocycles. The van der Waals surface area contributed by atoms with Gasteiger partial charge < -0.3 is 9.40 Å². The lowest BCUT2D eigenvalue weighted by atomic mass is 10.2. The number of hydrogen-bond acceptors (Lipinski definition) is 3. The third kappa shape index (κ3) is 1.92. The Kier molecular flexibility index (Phi) is 2.60. The molecular weight excluding hydrogens is 262 g/mol. The summed E-state index contributed by atoms with van der Waals surface area (Å²) in [6.45, 7) is 0. The standard InChI is InChI=1S/C17H13N3O/c1-18-17-12(10-11-6-2-5-9-15(11)21-17)16-19-13-7-3-4-8-14(13)20-16/h2-10H,1H3,(H,19,20). The molecule has 0 fully saturated rings. The van der Waals surface area contributed by atoms with Crippen molar-refractivity contribution in [2.24, 2.45) is 4.99 Å². The normalized spacial score (nSPS) is 12.3. The van der Waals surface area contributed by atoms with Crippen molar-refractivity contribution in [3.8, 4) is 11.4 Å². The Hall–Kier alpha value is -2.88. The van der Waals surface area contributed by atoms with E-state index in [0.717, 1.165) is 33.4 Å². The summed E-state index contributed by atoms with van der Waals surface area (Å²) in [5.74, 6) is 0.770. The predicted octanol–water partition coefficient (Wildman–Crippen LogP) is 3.51. The summed E-state index contributed by atoms with van der Waals surface area (Å²) in [4.78, 5) is 12.2. The largest absolute Gasteiger partial charge is 0.438 e. The van der Waals surface area contributed by atoms with E-state index < -0.39 is 0 Å². The van der Waals surface area contributed by atoms with Crippen LogP contribution in [0.5, 0.6) is 0 Å². The fraction of sp³-hybridized carbons (Fsp3) is 0.0588. The van der Waals surface area contributed by atoms with Crippen LogP contribution in [0.2, 0.25) is 0 Å². The highest BCUT2D eigenvalue weighted by molar-refractivity contribution is 5.83. The van der Waals surface area contributed by atoms with Gasteiger partial charge in [-0.2, -0.15) is 0 Å². The zero-order valence-corrected chi connectivity index (χ0v) is 11.5. The first-order valence-corrected chi connectivity index (χ1v) is 6.76. The monoisotopic (exact) mass is 275 g/mol.